The summed E-state index contributed by atoms with van der Waals surface area (Å²) in [6, 6.07) is 9.92. The summed E-state index contributed by atoms with van der Waals surface area (Å²) in [5.74, 6) is 0.0936. The molecule has 1 atom stereocenters. The highest BCUT2D eigenvalue weighted by molar-refractivity contribution is 5.94. The molecule has 1 aromatic carbocycles. The fraction of sp³-hybridized carbons (Fsp3) is 0.375. The maximum atomic E-state index is 14.1. The Morgan fingerprint density at radius 2 is 1.84 bits per heavy atom. The molecule has 1 aliphatic heterocycles. The number of halogens is 1. The van der Waals surface area contributed by atoms with Gasteiger partial charge >= 0.3 is 0 Å². The molecule has 8 heteroatoms. The van der Waals surface area contributed by atoms with Crippen molar-refractivity contribution in [1.82, 2.24) is 25.0 Å². The van der Waals surface area contributed by atoms with E-state index in [9.17, 15) is 9.18 Å². The van der Waals surface area contributed by atoms with E-state index in [4.69, 9.17) is 0 Å². The number of benzene rings is 1. The number of amides is 1. The molecule has 1 saturated heterocycles. The first-order chi connectivity index (χ1) is 15.3. The minimum atomic E-state index is -0.358. The van der Waals surface area contributed by atoms with Crippen molar-refractivity contribution < 1.29 is 9.18 Å². The van der Waals surface area contributed by atoms with Crippen molar-refractivity contribution in [2.24, 2.45) is 0 Å². The van der Waals surface area contributed by atoms with Crippen molar-refractivity contribution in [3.63, 3.8) is 0 Å². The molecule has 1 aliphatic rings. The molecule has 3 heterocycles. The van der Waals surface area contributed by atoms with Crippen LogP contribution in [0.5, 0.6) is 0 Å². The van der Waals surface area contributed by atoms with Crippen LogP contribution in [0.3, 0.4) is 0 Å². The van der Waals surface area contributed by atoms with E-state index >= 15 is 0 Å². The molecule has 0 spiro atoms. The van der Waals surface area contributed by atoms with Gasteiger partial charge in [0.15, 0.2) is 5.82 Å². The molecule has 0 saturated carbocycles. The normalized spacial score (nSPS) is 15.6. The van der Waals surface area contributed by atoms with Crippen LogP contribution in [0.25, 0.3) is 5.82 Å². The van der Waals surface area contributed by atoms with E-state index in [2.05, 4.69) is 32.2 Å². The maximum absolute atomic E-state index is 14.1. The number of hydrogen-bond donors (Lipinski definition) is 1. The number of hydrogen-bond acceptors (Lipinski definition) is 5. The molecule has 3 aromatic rings. The monoisotopic (exact) mass is 436 g/mol. The highest BCUT2D eigenvalue weighted by atomic mass is 19.1. The van der Waals surface area contributed by atoms with Crippen LogP contribution in [0, 0.1) is 19.7 Å². The van der Waals surface area contributed by atoms with Gasteiger partial charge in [0.25, 0.3) is 5.91 Å². The van der Waals surface area contributed by atoms with Gasteiger partial charge in [0, 0.05) is 49.3 Å². The molecular formula is C24H29FN6O. The maximum Gasteiger partial charge on any atom is 0.253 e. The lowest BCUT2D eigenvalue weighted by Crippen LogP contribution is -2.45. The molecule has 1 N–H and O–H groups in total. The average Bonchev–Trinajstić information content (AvgIpc) is 3.12. The smallest absolute Gasteiger partial charge is 0.253 e. The average molecular weight is 437 g/mol. The number of likely N-dealkylation sites (N-methyl/N-ethyl adjacent to an activating group) is 1. The third-order valence-corrected chi connectivity index (χ3v) is 5.88. The quantitative estimate of drug-likeness (QED) is 0.665. The molecule has 4 rings (SSSR count). The Morgan fingerprint density at radius 1 is 1.09 bits per heavy atom. The van der Waals surface area contributed by atoms with Gasteiger partial charge in [-0.3, -0.25) is 4.79 Å². The van der Waals surface area contributed by atoms with Gasteiger partial charge in [-0.2, -0.15) is 5.10 Å². The Balaban J connectivity index is 1.50. The predicted molar refractivity (Wildman–Crippen MR) is 123 cm³/mol. The van der Waals surface area contributed by atoms with Crippen molar-refractivity contribution in [2.75, 3.05) is 38.1 Å². The number of aryl methyl sites for hydroxylation is 2. The fourth-order valence-electron chi connectivity index (χ4n) is 4.07. The summed E-state index contributed by atoms with van der Waals surface area (Å²) in [6.07, 6.45) is 1.54. The van der Waals surface area contributed by atoms with Crippen LogP contribution in [-0.2, 0) is 0 Å². The minimum absolute atomic E-state index is 0.251. The molecule has 1 amide bonds. The van der Waals surface area contributed by atoms with E-state index < -0.39 is 0 Å². The first-order valence-corrected chi connectivity index (χ1v) is 10.9. The zero-order valence-corrected chi connectivity index (χ0v) is 19.0. The van der Waals surface area contributed by atoms with Crippen LogP contribution in [0.2, 0.25) is 0 Å². The summed E-state index contributed by atoms with van der Waals surface area (Å²) in [6.45, 7) is 9.40. The topological polar surface area (TPSA) is 66.3 Å². The van der Waals surface area contributed by atoms with Crippen LogP contribution in [0.4, 0.5) is 10.1 Å². The molecule has 1 fully saturated rings. The first kappa shape index (κ1) is 22.0. The van der Waals surface area contributed by atoms with Gasteiger partial charge in [0.2, 0.25) is 0 Å². The zero-order chi connectivity index (χ0) is 22.8. The number of nitrogens with zero attached hydrogens (tertiary/aromatic N) is 5. The highest BCUT2D eigenvalue weighted by Crippen LogP contribution is 2.28. The van der Waals surface area contributed by atoms with Crippen LogP contribution >= 0.6 is 0 Å². The fourth-order valence-corrected chi connectivity index (χ4v) is 4.07. The predicted octanol–water partition coefficient (Wildman–Crippen LogP) is 3.27. The third kappa shape index (κ3) is 4.65. The molecule has 0 radical (unpaired) electrons. The van der Waals surface area contributed by atoms with E-state index in [1.54, 1.807) is 23.0 Å². The van der Waals surface area contributed by atoms with Crippen LogP contribution in [-0.4, -0.2) is 58.8 Å². The second-order valence-corrected chi connectivity index (χ2v) is 8.43. The third-order valence-electron chi connectivity index (χ3n) is 5.88. The molecular weight excluding hydrogens is 407 g/mol. The SMILES string of the molecule is Cc1cc(C)n(-c2ccc(C(=O)NC(C)c3cc(F)ccc3N3CCN(C)CC3)cn2)n1. The summed E-state index contributed by atoms with van der Waals surface area (Å²) in [7, 11) is 2.10. The van der Waals surface area contributed by atoms with Gasteiger partial charge in [0.05, 0.1) is 17.3 Å². The Morgan fingerprint density at radius 3 is 2.47 bits per heavy atom. The lowest BCUT2D eigenvalue weighted by molar-refractivity contribution is 0.0939. The highest BCUT2D eigenvalue weighted by Gasteiger charge is 2.21. The summed E-state index contributed by atoms with van der Waals surface area (Å²) in [5.41, 5.74) is 4.06. The van der Waals surface area contributed by atoms with E-state index in [1.807, 2.05) is 32.9 Å². The van der Waals surface area contributed by atoms with Gasteiger partial charge in [-0.25, -0.2) is 14.1 Å². The zero-order valence-electron chi connectivity index (χ0n) is 19.0. The summed E-state index contributed by atoms with van der Waals surface area (Å²) >= 11 is 0. The van der Waals surface area contributed by atoms with Gasteiger partial charge in [-0.15, -0.1) is 0 Å². The van der Waals surface area contributed by atoms with Gasteiger partial charge in [-0.05, 0) is 64.2 Å². The number of aromatic nitrogens is 3. The molecule has 2 aromatic heterocycles. The van der Waals surface area contributed by atoms with E-state index in [-0.39, 0.29) is 17.8 Å². The number of pyridine rings is 1. The molecule has 1 unspecified atom stereocenters. The second kappa shape index (κ2) is 9.08. The number of nitrogens with one attached hydrogen (secondary N) is 1. The van der Waals surface area contributed by atoms with Gasteiger partial charge in [0.1, 0.15) is 5.82 Å². The second-order valence-electron chi connectivity index (χ2n) is 8.43. The standard InChI is InChI=1S/C24H29FN6O/c1-16-13-17(2)31(28-16)23-8-5-19(15-26-23)24(32)27-18(3)21-14-20(25)6-7-22(21)30-11-9-29(4)10-12-30/h5-8,13-15,18H,9-12H2,1-4H3,(H,27,32). The number of carbonyl (C=O) groups is 1. The number of piperazine rings is 1. The van der Waals surface area contributed by atoms with Crippen molar-refractivity contribution in [3.05, 3.63) is 70.9 Å². The van der Waals surface area contributed by atoms with Crippen LogP contribution in [0.1, 0.15) is 40.3 Å². The van der Waals surface area contributed by atoms with Gasteiger partial charge < -0.3 is 15.1 Å². The lowest BCUT2D eigenvalue weighted by Gasteiger charge is -2.36. The Bertz CT molecular complexity index is 1100. The number of anilines is 1. The number of rotatable bonds is 5. The summed E-state index contributed by atoms with van der Waals surface area (Å²) in [5, 5.41) is 7.42. The van der Waals surface area contributed by atoms with Crippen LogP contribution < -0.4 is 10.2 Å². The van der Waals surface area contributed by atoms with Crippen molar-refractivity contribution in [3.8, 4) is 5.82 Å². The Kier molecular flexibility index (Phi) is 6.23. The minimum Gasteiger partial charge on any atom is -0.369 e. The largest absolute Gasteiger partial charge is 0.369 e. The van der Waals surface area contributed by atoms with E-state index in [0.717, 1.165) is 48.8 Å². The molecule has 32 heavy (non-hydrogen) atoms. The van der Waals surface area contributed by atoms with Gasteiger partial charge in [-0.1, -0.05) is 0 Å². The lowest BCUT2D eigenvalue weighted by atomic mass is 10.0. The van der Waals surface area contributed by atoms with Crippen molar-refractivity contribution >= 4 is 11.6 Å². The van der Waals surface area contributed by atoms with E-state index in [1.165, 1.54) is 12.1 Å². The Hall–Kier alpha value is -3.26. The first-order valence-electron chi connectivity index (χ1n) is 10.9. The molecule has 168 valence electrons. The summed E-state index contributed by atoms with van der Waals surface area (Å²) in [4.78, 5) is 21.8. The van der Waals surface area contributed by atoms with Crippen LogP contribution in [0.15, 0.2) is 42.6 Å². The van der Waals surface area contributed by atoms with Crippen molar-refractivity contribution in [2.45, 2.75) is 26.8 Å². The Labute approximate surface area is 187 Å². The molecule has 0 bridgehead atoms. The van der Waals surface area contributed by atoms with Crippen molar-refractivity contribution in [1.29, 1.82) is 0 Å². The molecule has 7 nitrogen and oxygen atoms in total. The molecule has 0 aliphatic carbocycles. The number of carbonyl (C=O) groups excluding carboxylic acids is 1. The summed E-state index contributed by atoms with van der Waals surface area (Å²) < 4.78 is 15.8. The van der Waals surface area contributed by atoms with E-state index in [0.29, 0.717) is 11.4 Å².